The van der Waals surface area contributed by atoms with Gasteiger partial charge in [0.2, 0.25) is 0 Å². The predicted molar refractivity (Wildman–Crippen MR) is 137 cm³/mol. The molecular weight excluding hydrogens is 438 g/mol. The fourth-order valence-electron chi connectivity index (χ4n) is 5.20. The van der Waals surface area contributed by atoms with E-state index >= 15 is 0 Å². The number of carbonyl (C=O) groups excluding carboxylic acids is 1. The Hall–Kier alpha value is -3.29. The molecule has 0 saturated carbocycles. The molecular formula is C28H33N5O2. The van der Waals surface area contributed by atoms with E-state index in [4.69, 9.17) is 0 Å². The average molecular weight is 472 g/mol. The minimum absolute atomic E-state index is 0.0288. The molecule has 2 aliphatic heterocycles. The number of rotatable bonds is 6. The zero-order valence-electron chi connectivity index (χ0n) is 20.2. The Labute approximate surface area is 206 Å². The van der Waals surface area contributed by atoms with E-state index in [1.54, 1.807) is 0 Å². The van der Waals surface area contributed by atoms with Gasteiger partial charge in [0.05, 0.1) is 6.10 Å². The van der Waals surface area contributed by atoms with Crippen LogP contribution in [0, 0.1) is 6.92 Å². The largest absolute Gasteiger partial charge is 0.392 e. The predicted octanol–water partition coefficient (Wildman–Crippen LogP) is 3.74. The SMILES string of the molecule is Cc1c(NCc2cccc(-c3ccccc3)c2)ncnc1C(=O)N1CCC(N2CCC(O)C2)CC1. The Morgan fingerprint density at radius 1 is 1.00 bits per heavy atom. The number of aliphatic hydroxyl groups is 1. The first-order chi connectivity index (χ1) is 17.1. The maximum absolute atomic E-state index is 13.3. The Morgan fingerprint density at radius 3 is 2.51 bits per heavy atom. The van der Waals surface area contributed by atoms with Crippen molar-refractivity contribution >= 4 is 11.7 Å². The van der Waals surface area contributed by atoms with Crippen LogP contribution in [0.15, 0.2) is 60.9 Å². The molecule has 35 heavy (non-hydrogen) atoms. The molecule has 2 aromatic carbocycles. The Kier molecular flexibility index (Phi) is 7.06. The third-order valence-corrected chi connectivity index (χ3v) is 7.24. The van der Waals surface area contributed by atoms with Crippen LogP contribution in [0.2, 0.25) is 0 Å². The van der Waals surface area contributed by atoms with E-state index in [0.29, 0.717) is 37.2 Å². The number of aromatic nitrogens is 2. The Balaban J connectivity index is 1.22. The zero-order chi connectivity index (χ0) is 24.2. The highest BCUT2D eigenvalue weighted by molar-refractivity contribution is 5.94. The molecule has 7 nitrogen and oxygen atoms in total. The van der Waals surface area contributed by atoms with Gasteiger partial charge < -0.3 is 15.3 Å². The third kappa shape index (κ3) is 5.36. The molecule has 0 aliphatic carbocycles. The second-order valence-corrected chi connectivity index (χ2v) is 9.58. The first-order valence-electron chi connectivity index (χ1n) is 12.5. The van der Waals surface area contributed by atoms with Crippen LogP contribution in [0.1, 0.15) is 40.9 Å². The summed E-state index contributed by atoms with van der Waals surface area (Å²) in [5.74, 6) is 0.660. The molecule has 3 aromatic rings. The normalized spacial score (nSPS) is 19.1. The van der Waals surface area contributed by atoms with Crippen molar-refractivity contribution in [2.45, 2.75) is 44.9 Å². The fourth-order valence-corrected chi connectivity index (χ4v) is 5.20. The van der Waals surface area contributed by atoms with E-state index in [1.165, 1.54) is 17.5 Å². The molecule has 2 fully saturated rings. The lowest BCUT2D eigenvalue weighted by atomic mass is 10.0. The molecule has 0 bridgehead atoms. The number of nitrogens with zero attached hydrogens (tertiary/aromatic N) is 4. The lowest BCUT2D eigenvalue weighted by Crippen LogP contribution is -2.46. The minimum atomic E-state index is -0.204. The first-order valence-corrected chi connectivity index (χ1v) is 12.5. The monoisotopic (exact) mass is 471 g/mol. The van der Waals surface area contributed by atoms with Crippen molar-refractivity contribution in [2.24, 2.45) is 0 Å². The standard InChI is InChI=1S/C28H33N5O2/c1-20-26(28(35)32-13-10-24(11-14-32)33-15-12-25(34)18-33)30-19-31-27(20)29-17-21-6-5-9-23(16-21)22-7-3-2-4-8-22/h2-9,16,19,24-25,34H,10-15,17-18H2,1H3,(H,29,30,31). The van der Waals surface area contributed by atoms with Crippen LogP contribution in [0.5, 0.6) is 0 Å². The highest BCUT2D eigenvalue weighted by Gasteiger charge is 2.32. The van der Waals surface area contributed by atoms with E-state index in [9.17, 15) is 9.90 Å². The molecule has 5 rings (SSSR count). The van der Waals surface area contributed by atoms with Gasteiger partial charge >= 0.3 is 0 Å². The molecule has 1 unspecified atom stereocenters. The number of amides is 1. The molecule has 0 spiro atoms. The van der Waals surface area contributed by atoms with Gasteiger partial charge in [0.25, 0.3) is 5.91 Å². The van der Waals surface area contributed by atoms with Gasteiger partial charge in [-0.2, -0.15) is 0 Å². The summed E-state index contributed by atoms with van der Waals surface area (Å²) in [6.07, 6.45) is 3.99. The van der Waals surface area contributed by atoms with Crippen molar-refractivity contribution in [2.75, 3.05) is 31.5 Å². The molecule has 7 heteroatoms. The van der Waals surface area contributed by atoms with E-state index in [0.717, 1.165) is 43.5 Å². The topological polar surface area (TPSA) is 81.6 Å². The van der Waals surface area contributed by atoms with Crippen molar-refractivity contribution in [3.05, 3.63) is 77.7 Å². The van der Waals surface area contributed by atoms with Crippen molar-refractivity contribution in [1.82, 2.24) is 19.8 Å². The number of benzene rings is 2. The lowest BCUT2D eigenvalue weighted by molar-refractivity contribution is 0.0621. The van der Waals surface area contributed by atoms with Crippen LogP contribution in [0.3, 0.4) is 0 Å². The molecule has 2 aliphatic rings. The number of anilines is 1. The zero-order valence-corrected chi connectivity index (χ0v) is 20.2. The number of nitrogens with one attached hydrogen (secondary N) is 1. The lowest BCUT2D eigenvalue weighted by Gasteiger charge is -2.36. The third-order valence-electron chi connectivity index (χ3n) is 7.24. The number of likely N-dealkylation sites (tertiary alicyclic amines) is 2. The second-order valence-electron chi connectivity index (χ2n) is 9.58. The van der Waals surface area contributed by atoms with Crippen LogP contribution in [-0.2, 0) is 6.54 Å². The van der Waals surface area contributed by atoms with Crippen molar-refractivity contribution in [3.8, 4) is 11.1 Å². The van der Waals surface area contributed by atoms with Gasteiger partial charge in [-0.15, -0.1) is 0 Å². The van der Waals surface area contributed by atoms with Gasteiger partial charge in [0, 0.05) is 44.3 Å². The van der Waals surface area contributed by atoms with Gasteiger partial charge in [-0.05, 0) is 48.9 Å². The highest BCUT2D eigenvalue weighted by atomic mass is 16.3. The molecule has 182 valence electrons. The van der Waals surface area contributed by atoms with Crippen molar-refractivity contribution in [1.29, 1.82) is 0 Å². The maximum atomic E-state index is 13.3. The minimum Gasteiger partial charge on any atom is -0.392 e. The molecule has 1 atom stereocenters. The van der Waals surface area contributed by atoms with Gasteiger partial charge in [-0.25, -0.2) is 9.97 Å². The number of aliphatic hydroxyl groups excluding tert-OH is 1. The summed E-state index contributed by atoms with van der Waals surface area (Å²) in [5.41, 5.74) is 4.75. The molecule has 1 aromatic heterocycles. The summed E-state index contributed by atoms with van der Waals surface area (Å²) in [4.78, 5) is 26.3. The van der Waals surface area contributed by atoms with Gasteiger partial charge in [0.15, 0.2) is 0 Å². The van der Waals surface area contributed by atoms with Crippen molar-refractivity contribution < 1.29 is 9.90 Å². The smallest absolute Gasteiger partial charge is 0.272 e. The fraction of sp³-hybridized carbons (Fsp3) is 0.393. The van der Waals surface area contributed by atoms with Gasteiger partial charge in [-0.3, -0.25) is 9.69 Å². The van der Waals surface area contributed by atoms with Crippen LogP contribution < -0.4 is 5.32 Å². The van der Waals surface area contributed by atoms with Gasteiger partial charge in [-0.1, -0.05) is 48.5 Å². The summed E-state index contributed by atoms with van der Waals surface area (Å²) < 4.78 is 0. The first kappa shape index (κ1) is 23.5. The summed E-state index contributed by atoms with van der Waals surface area (Å²) in [7, 11) is 0. The number of hydrogen-bond donors (Lipinski definition) is 2. The number of hydrogen-bond acceptors (Lipinski definition) is 6. The van der Waals surface area contributed by atoms with Crippen molar-refractivity contribution in [3.63, 3.8) is 0 Å². The number of carbonyl (C=O) groups is 1. The summed E-state index contributed by atoms with van der Waals surface area (Å²) >= 11 is 0. The van der Waals surface area contributed by atoms with Crippen LogP contribution in [-0.4, -0.2) is 69.1 Å². The summed E-state index contributed by atoms with van der Waals surface area (Å²) in [5, 5.41) is 13.2. The van der Waals surface area contributed by atoms with Crippen LogP contribution in [0.25, 0.3) is 11.1 Å². The van der Waals surface area contributed by atoms with E-state index < -0.39 is 0 Å². The molecule has 2 saturated heterocycles. The van der Waals surface area contributed by atoms with Crippen LogP contribution >= 0.6 is 0 Å². The van der Waals surface area contributed by atoms with Gasteiger partial charge in [0.1, 0.15) is 17.8 Å². The molecule has 1 amide bonds. The quantitative estimate of drug-likeness (QED) is 0.570. The summed E-state index contributed by atoms with van der Waals surface area (Å²) in [6, 6.07) is 19.2. The molecule has 2 N–H and O–H groups in total. The van der Waals surface area contributed by atoms with E-state index in [2.05, 4.69) is 56.6 Å². The number of β-amino-alcohol motifs (C(OH)–C–C–N with tert-alkyl or cyclic N) is 1. The molecule has 0 radical (unpaired) electrons. The van der Waals surface area contributed by atoms with E-state index in [1.807, 2.05) is 30.0 Å². The highest BCUT2D eigenvalue weighted by Crippen LogP contribution is 2.24. The summed E-state index contributed by atoms with van der Waals surface area (Å²) in [6.45, 7) is 5.66. The van der Waals surface area contributed by atoms with E-state index in [-0.39, 0.29) is 12.0 Å². The van der Waals surface area contributed by atoms with Crippen LogP contribution in [0.4, 0.5) is 5.82 Å². The Bertz CT molecular complexity index is 1160. The maximum Gasteiger partial charge on any atom is 0.272 e. The second kappa shape index (κ2) is 10.5. The average Bonchev–Trinajstić information content (AvgIpc) is 3.35. The number of piperidine rings is 1. The molecule has 3 heterocycles. The Morgan fingerprint density at radius 2 is 1.77 bits per heavy atom.